The van der Waals surface area contributed by atoms with Gasteiger partial charge in [0.05, 0.1) is 5.56 Å². The molecule has 1 amide bonds. The number of carboxylic acid groups (broad SMARTS) is 1. The van der Waals surface area contributed by atoms with Crippen LogP contribution in [0.15, 0.2) is 48.5 Å². The normalized spacial score (nSPS) is 11.0. The molecule has 0 saturated heterocycles. The molecule has 2 aromatic carbocycles. The van der Waals surface area contributed by atoms with E-state index >= 15 is 0 Å². The van der Waals surface area contributed by atoms with Gasteiger partial charge in [0.25, 0.3) is 0 Å². The summed E-state index contributed by atoms with van der Waals surface area (Å²) in [5.74, 6) is -1.37. The van der Waals surface area contributed by atoms with Gasteiger partial charge < -0.3 is 16.6 Å². The summed E-state index contributed by atoms with van der Waals surface area (Å²) < 4.78 is 0. The van der Waals surface area contributed by atoms with E-state index < -0.39 is 17.9 Å². The van der Waals surface area contributed by atoms with Crippen LogP contribution in [-0.4, -0.2) is 17.0 Å². The topological polar surface area (TPSA) is 106 Å². The number of aryl methyl sites for hydroxylation is 2. The first-order chi connectivity index (χ1) is 10.3. The number of carbonyl (C=O) groups is 2. The Kier molecular flexibility index (Phi) is 6.28. The molecule has 2 rings (SSSR count). The van der Waals surface area contributed by atoms with Gasteiger partial charge in [0.2, 0.25) is 5.91 Å². The maximum atomic E-state index is 10.9. The van der Waals surface area contributed by atoms with E-state index in [1.54, 1.807) is 30.3 Å². The van der Waals surface area contributed by atoms with Crippen LogP contribution in [0.1, 0.15) is 33.1 Å². The summed E-state index contributed by atoms with van der Waals surface area (Å²) in [5.41, 5.74) is 14.0. The highest BCUT2D eigenvalue weighted by Crippen LogP contribution is 2.19. The summed E-state index contributed by atoms with van der Waals surface area (Å²) in [6.07, 6.45) is 0. The molecule has 2 aromatic rings. The maximum Gasteiger partial charge on any atom is 0.335 e. The van der Waals surface area contributed by atoms with Gasteiger partial charge in [-0.05, 0) is 42.7 Å². The molecule has 5 nitrogen and oxygen atoms in total. The Hall–Kier alpha value is -2.66. The van der Waals surface area contributed by atoms with Crippen LogP contribution in [-0.2, 0) is 4.79 Å². The fraction of sp³-hybridized carbons (Fsp3) is 0.176. The molecular formula is C17H20N2O3. The Morgan fingerprint density at radius 3 is 1.82 bits per heavy atom. The zero-order chi connectivity index (χ0) is 16.7. The summed E-state index contributed by atoms with van der Waals surface area (Å²) >= 11 is 0. The van der Waals surface area contributed by atoms with Crippen molar-refractivity contribution in [3.63, 3.8) is 0 Å². The van der Waals surface area contributed by atoms with Crippen molar-refractivity contribution in [1.29, 1.82) is 0 Å². The Labute approximate surface area is 129 Å². The van der Waals surface area contributed by atoms with E-state index in [0.717, 1.165) is 16.7 Å². The SMILES string of the molecule is Cc1cccc(C)c1C(N)C(N)=O.O=C(O)c1ccccc1. The van der Waals surface area contributed by atoms with Gasteiger partial charge in [-0.3, -0.25) is 4.79 Å². The number of aromatic carboxylic acids is 1. The second kappa shape index (κ2) is 7.95. The Balaban J connectivity index is 0.000000235. The second-order valence-electron chi connectivity index (χ2n) is 4.86. The highest BCUT2D eigenvalue weighted by molar-refractivity contribution is 5.87. The van der Waals surface area contributed by atoms with Crippen LogP contribution in [0.4, 0.5) is 0 Å². The molecule has 0 heterocycles. The highest BCUT2D eigenvalue weighted by Gasteiger charge is 2.15. The summed E-state index contributed by atoms with van der Waals surface area (Å²) in [4.78, 5) is 21.1. The third kappa shape index (κ3) is 4.71. The van der Waals surface area contributed by atoms with E-state index in [0.29, 0.717) is 5.56 Å². The fourth-order valence-electron chi connectivity index (χ4n) is 2.04. The first kappa shape index (κ1) is 17.4. The number of carbonyl (C=O) groups excluding carboxylic acids is 1. The van der Waals surface area contributed by atoms with Gasteiger partial charge in [-0.2, -0.15) is 0 Å². The number of primary amides is 1. The smallest absolute Gasteiger partial charge is 0.335 e. The van der Waals surface area contributed by atoms with Crippen molar-refractivity contribution in [3.05, 3.63) is 70.8 Å². The van der Waals surface area contributed by atoms with Crippen LogP contribution in [0, 0.1) is 13.8 Å². The van der Waals surface area contributed by atoms with E-state index in [2.05, 4.69) is 0 Å². The molecule has 0 aliphatic heterocycles. The predicted octanol–water partition coefficient (Wildman–Crippen LogP) is 2.17. The Morgan fingerprint density at radius 1 is 0.955 bits per heavy atom. The van der Waals surface area contributed by atoms with Crippen molar-refractivity contribution in [2.45, 2.75) is 19.9 Å². The summed E-state index contributed by atoms with van der Waals surface area (Å²) in [6, 6.07) is 13.4. The third-order valence-corrected chi connectivity index (χ3v) is 3.18. The number of hydrogen-bond donors (Lipinski definition) is 3. The standard InChI is InChI=1S/C10H14N2O.C7H6O2/c1-6-4-3-5-7(2)8(6)9(11)10(12)13;8-7(9)6-4-2-1-3-5-6/h3-5,9H,11H2,1-2H3,(H2,12,13);1-5H,(H,8,9). The molecule has 116 valence electrons. The van der Waals surface area contributed by atoms with Gasteiger partial charge in [-0.25, -0.2) is 4.79 Å². The van der Waals surface area contributed by atoms with Crippen LogP contribution in [0.2, 0.25) is 0 Å². The summed E-state index contributed by atoms with van der Waals surface area (Å²) in [5, 5.41) is 8.38. The lowest BCUT2D eigenvalue weighted by molar-refractivity contribution is -0.119. The monoisotopic (exact) mass is 300 g/mol. The lowest BCUT2D eigenvalue weighted by Crippen LogP contribution is -2.29. The van der Waals surface area contributed by atoms with Crippen LogP contribution >= 0.6 is 0 Å². The number of rotatable bonds is 3. The molecule has 0 bridgehead atoms. The molecule has 0 aliphatic rings. The molecular weight excluding hydrogens is 280 g/mol. The molecule has 0 radical (unpaired) electrons. The third-order valence-electron chi connectivity index (χ3n) is 3.18. The van der Waals surface area contributed by atoms with Crippen LogP contribution in [0.25, 0.3) is 0 Å². The van der Waals surface area contributed by atoms with E-state index in [4.69, 9.17) is 16.6 Å². The Morgan fingerprint density at radius 2 is 1.45 bits per heavy atom. The van der Waals surface area contributed by atoms with E-state index in [1.807, 2.05) is 32.0 Å². The second-order valence-corrected chi connectivity index (χ2v) is 4.86. The van der Waals surface area contributed by atoms with Crippen LogP contribution in [0.5, 0.6) is 0 Å². The van der Waals surface area contributed by atoms with Crippen molar-refractivity contribution in [3.8, 4) is 0 Å². The summed E-state index contributed by atoms with van der Waals surface area (Å²) in [7, 11) is 0. The van der Waals surface area contributed by atoms with Crippen molar-refractivity contribution >= 4 is 11.9 Å². The van der Waals surface area contributed by atoms with Gasteiger partial charge in [-0.1, -0.05) is 36.4 Å². The molecule has 0 fully saturated rings. The molecule has 0 aliphatic carbocycles. The minimum atomic E-state index is -0.879. The predicted molar refractivity (Wildman–Crippen MR) is 85.4 cm³/mol. The number of carboxylic acids is 1. The van der Waals surface area contributed by atoms with Crippen molar-refractivity contribution in [2.75, 3.05) is 0 Å². The minimum absolute atomic E-state index is 0.331. The van der Waals surface area contributed by atoms with Crippen molar-refractivity contribution in [2.24, 2.45) is 11.5 Å². The molecule has 5 N–H and O–H groups in total. The number of benzene rings is 2. The zero-order valence-electron chi connectivity index (χ0n) is 12.6. The minimum Gasteiger partial charge on any atom is -0.478 e. The average Bonchev–Trinajstić information content (AvgIpc) is 2.48. The lowest BCUT2D eigenvalue weighted by Gasteiger charge is -2.13. The first-order valence-electron chi connectivity index (χ1n) is 6.74. The number of amides is 1. The first-order valence-corrected chi connectivity index (χ1v) is 6.74. The molecule has 22 heavy (non-hydrogen) atoms. The molecule has 0 saturated carbocycles. The Bertz CT molecular complexity index is 634. The van der Waals surface area contributed by atoms with Gasteiger partial charge in [-0.15, -0.1) is 0 Å². The number of hydrogen-bond acceptors (Lipinski definition) is 3. The quantitative estimate of drug-likeness (QED) is 0.807. The highest BCUT2D eigenvalue weighted by atomic mass is 16.4. The fourth-order valence-corrected chi connectivity index (χ4v) is 2.04. The summed E-state index contributed by atoms with van der Waals surface area (Å²) in [6.45, 7) is 3.84. The average molecular weight is 300 g/mol. The molecule has 0 spiro atoms. The van der Waals surface area contributed by atoms with Crippen molar-refractivity contribution < 1.29 is 14.7 Å². The molecule has 1 atom stereocenters. The number of nitrogens with two attached hydrogens (primary N) is 2. The lowest BCUT2D eigenvalue weighted by atomic mass is 9.96. The molecule has 1 unspecified atom stereocenters. The van der Waals surface area contributed by atoms with Gasteiger partial charge in [0.1, 0.15) is 6.04 Å². The van der Waals surface area contributed by atoms with E-state index in [9.17, 15) is 9.59 Å². The van der Waals surface area contributed by atoms with Gasteiger partial charge in [0, 0.05) is 0 Å². The van der Waals surface area contributed by atoms with Crippen LogP contribution in [0.3, 0.4) is 0 Å². The largest absolute Gasteiger partial charge is 0.478 e. The van der Waals surface area contributed by atoms with E-state index in [1.165, 1.54) is 0 Å². The van der Waals surface area contributed by atoms with Crippen LogP contribution < -0.4 is 11.5 Å². The zero-order valence-corrected chi connectivity index (χ0v) is 12.6. The molecule has 5 heteroatoms. The van der Waals surface area contributed by atoms with Crippen molar-refractivity contribution in [1.82, 2.24) is 0 Å². The van der Waals surface area contributed by atoms with Gasteiger partial charge in [0.15, 0.2) is 0 Å². The molecule has 0 aromatic heterocycles. The van der Waals surface area contributed by atoms with E-state index in [-0.39, 0.29) is 0 Å². The van der Waals surface area contributed by atoms with Gasteiger partial charge >= 0.3 is 5.97 Å². The maximum absolute atomic E-state index is 10.9.